The molecule has 1 aromatic heterocycles. The van der Waals surface area contributed by atoms with Crippen LogP contribution in [0.4, 0.5) is 8.78 Å². The van der Waals surface area contributed by atoms with Gasteiger partial charge in [-0.3, -0.25) is 4.79 Å². The monoisotopic (exact) mass is 427 g/mol. The molecule has 0 atom stereocenters. The fraction of sp³-hybridized carbons (Fsp3) is 0.217. The first kappa shape index (κ1) is 20.6. The topological polar surface area (TPSA) is 66.8 Å². The lowest BCUT2D eigenvalue weighted by molar-refractivity contribution is 0.0473. The van der Waals surface area contributed by atoms with Gasteiger partial charge in [0.1, 0.15) is 11.6 Å². The van der Waals surface area contributed by atoms with Gasteiger partial charge in [0.05, 0.1) is 5.56 Å². The van der Waals surface area contributed by atoms with E-state index in [4.69, 9.17) is 14.2 Å². The molecule has 0 spiro atoms. The molecule has 2 aromatic carbocycles. The molecule has 0 unspecified atom stereocenters. The van der Waals surface area contributed by atoms with E-state index in [1.165, 1.54) is 0 Å². The number of ketones is 1. The van der Waals surface area contributed by atoms with Gasteiger partial charge < -0.3 is 18.8 Å². The number of hydrogen-bond donors (Lipinski definition) is 0. The highest BCUT2D eigenvalue weighted by molar-refractivity contribution is 6.00. The Labute approximate surface area is 177 Å². The molecular weight excluding hydrogens is 408 g/mol. The number of nitrogens with zero attached hydrogens (tertiary/aromatic N) is 1. The van der Waals surface area contributed by atoms with Crippen LogP contribution >= 0.6 is 0 Å². The Kier molecular flexibility index (Phi) is 5.46. The van der Waals surface area contributed by atoms with Gasteiger partial charge in [0, 0.05) is 29.6 Å². The van der Waals surface area contributed by atoms with Crippen molar-refractivity contribution in [1.29, 1.82) is 0 Å². The minimum absolute atomic E-state index is 0.194. The first-order chi connectivity index (χ1) is 14.8. The molecule has 0 radical (unpaired) electrons. The average Bonchev–Trinajstić information content (AvgIpc) is 3.30. The second kappa shape index (κ2) is 8.22. The molecule has 6 nitrogen and oxygen atoms in total. The smallest absolute Gasteiger partial charge is 0.338 e. The molecular formula is C23H19F2NO5. The average molecular weight is 427 g/mol. The summed E-state index contributed by atoms with van der Waals surface area (Å²) in [5.41, 5.74) is 2.67. The van der Waals surface area contributed by atoms with Gasteiger partial charge >= 0.3 is 5.97 Å². The summed E-state index contributed by atoms with van der Waals surface area (Å²) in [7, 11) is 0. The molecule has 0 fully saturated rings. The van der Waals surface area contributed by atoms with Gasteiger partial charge in [-0.25, -0.2) is 13.6 Å². The summed E-state index contributed by atoms with van der Waals surface area (Å²) in [6.45, 7) is 3.85. The molecule has 0 N–H and O–H groups in total. The summed E-state index contributed by atoms with van der Waals surface area (Å²) in [6.07, 6.45) is 0. The van der Waals surface area contributed by atoms with Crippen LogP contribution in [0, 0.1) is 25.5 Å². The quantitative estimate of drug-likeness (QED) is 0.436. The van der Waals surface area contributed by atoms with E-state index >= 15 is 0 Å². The highest BCUT2D eigenvalue weighted by Crippen LogP contribution is 2.33. The summed E-state index contributed by atoms with van der Waals surface area (Å²) < 4.78 is 44.2. The van der Waals surface area contributed by atoms with Gasteiger partial charge in [-0.15, -0.1) is 0 Å². The Morgan fingerprint density at radius 3 is 2.45 bits per heavy atom. The second-order valence-electron chi connectivity index (χ2n) is 7.22. The highest BCUT2D eigenvalue weighted by Gasteiger charge is 2.20. The van der Waals surface area contributed by atoms with Gasteiger partial charge in [-0.1, -0.05) is 6.07 Å². The number of halogens is 2. The van der Waals surface area contributed by atoms with Gasteiger partial charge in [0.25, 0.3) is 0 Å². The Morgan fingerprint density at radius 2 is 1.71 bits per heavy atom. The predicted molar refractivity (Wildman–Crippen MR) is 107 cm³/mol. The zero-order valence-corrected chi connectivity index (χ0v) is 16.9. The maximum Gasteiger partial charge on any atom is 0.338 e. The number of aromatic nitrogens is 1. The van der Waals surface area contributed by atoms with Crippen molar-refractivity contribution in [1.82, 2.24) is 4.57 Å². The molecule has 8 heteroatoms. The number of benzene rings is 2. The van der Waals surface area contributed by atoms with Crippen molar-refractivity contribution < 1.29 is 32.6 Å². The van der Waals surface area contributed by atoms with Crippen LogP contribution in [-0.2, 0) is 11.3 Å². The molecule has 160 valence electrons. The summed E-state index contributed by atoms with van der Waals surface area (Å²) in [5, 5.41) is 0. The summed E-state index contributed by atoms with van der Waals surface area (Å²) >= 11 is 0. The van der Waals surface area contributed by atoms with E-state index in [0.29, 0.717) is 35.4 Å². The van der Waals surface area contributed by atoms with Crippen LogP contribution in [-0.4, -0.2) is 29.7 Å². The van der Waals surface area contributed by atoms with Crippen LogP contribution < -0.4 is 9.47 Å². The number of carbonyl (C=O) groups excluding carboxylic acids is 2. The molecule has 3 aromatic rings. The molecule has 0 aliphatic carbocycles. The molecule has 1 aliphatic rings. The first-order valence-electron chi connectivity index (χ1n) is 9.53. The number of aryl methyl sites for hydroxylation is 1. The van der Waals surface area contributed by atoms with Crippen molar-refractivity contribution >= 4 is 11.8 Å². The molecule has 0 bridgehead atoms. The number of esters is 1. The molecule has 0 saturated heterocycles. The van der Waals surface area contributed by atoms with Crippen LogP contribution in [0.3, 0.4) is 0 Å². The molecule has 1 aliphatic heterocycles. The normalized spacial score (nSPS) is 12.1. The van der Waals surface area contributed by atoms with Gasteiger partial charge in [0.2, 0.25) is 12.6 Å². The summed E-state index contributed by atoms with van der Waals surface area (Å²) in [6, 6.07) is 9.74. The number of hydrogen-bond acceptors (Lipinski definition) is 5. The fourth-order valence-corrected chi connectivity index (χ4v) is 3.51. The lowest BCUT2D eigenvalue weighted by atomic mass is 10.1. The van der Waals surface area contributed by atoms with E-state index in [0.717, 1.165) is 23.4 Å². The number of Topliss-reactive ketones (excluding diaryl/α,β-unsaturated/α-hetero) is 1. The zero-order valence-electron chi connectivity index (χ0n) is 16.9. The van der Waals surface area contributed by atoms with Crippen LogP contribution in [0.15, 0.2) is 42.5 Å². The minimum atomic E-state index is -0.971. The van der Waals surface area contributed by atoms with E-state index < -0.39 is 30.0 Å². The van der Waals surface area contributed by atoms with Crippen molar-refractivity contribution in [2.45, 2.75) is 20.4 Å². The predicted octanol–water partition coefficient (Wildman–Crippen LogP) is 4.20. The lowest BCUT2D eigenvalue weighted by Gasteiger charge is -2.11. The van der Waals surface area contributed by atoms with Crippen molar-refractivity contribution in [3.05, 3.63) is 82.2 Å². The van der Waals surface area contributed by atoms with Crippen LogP contribution in [0.1, 0.15) is 37.7 Å². The Morgan fingerprint density at radius 1 is 1.00 bits per heavy atom. The van der Waals surface area contributed by atoms with E-state index in [1.54, 1.807) is 13.0 Å². The van der Waals surface area contributed by atoms with E-state index in [2.05, 4.69) is 0 Å². The van der Waals surface area contributed by atoms with Crippen LogP contribution in [0.25, 0.3) is 0 Å². The number of ether oxygens (including phenoxy) is 3. The number of fused-ring (bicyclic) bond motifs is 1. The fourth-order valence-electron chi connectivity index (χ4n) is 3.51. The van der Waals surface area contributed by atoms with E-state index in [-0.39, 0.29) is 12.4 Å². The van der Waals surface area contributed by atoms with E-state index in [9.17, 15) is 18.4 Å². The van der Waals surface area contributed by atoms with Crippen LogP contribution in [0.2, 0.25) is 0 Å². The first-order valence-corrected chi connectivity index (χ1v) is 9.53. The van der Waals surface area contributed by atoms with Gasteiger partial charge in [-0.05, 0) is 49.7 Å². The third kappa shape index (κ3) is 4.28. The van der Waals surface area contributed by atoms with Gasteiger partial charge in [-0.2, -0.15) is 0 Å². The second-order valence-corrected chi connectivity index (χ2v) is 7.22. The third-order valence-corrected chi connectivity index (χ3v) is 5.08. The standard InChI is InChI=1S/C23H19F2NO5/c1-13-5-19(20(27)11-29-23(28)16-7-17(24)9-18(25)8-16)14(2)26(13)10-15-3-4-21-22(6-15)31-12-30-21/h3-9H,10-12H2,1-2H3. The van der Waals surface area contributed by atoms with Crippen molar-refractivity contribution in [2.75, 3.05) is 13.4 Å². The Hall–Kier alpha value is -3.68. The largest absolute Gasteiger partial charge is 0.454 e. The minimum Gasteiger partial charge on any atom is -0.454 e. The Bertz CT molecular complexity index is 1160. The molecule has 0 saturated carbocycles. The van der Waals surface area contributed by atoms with Crippen molar-refractivity contribution in [3.63, 3.8) is 0 Å². The summed E-state index contributed by atoms with van der Waals surface area (Å²) in [5.74, 6) is -1.80. The third-order valence-electron chi connectivity index (χ3n) is 5.08. The zero-order chi connectivity index (χ0) is 22.1. The van der Waals surface area contributed by atoms with E-state index in [1.807, 2.05) is 29.7 Å². The summed E-state index contributed by atoms with van der Waals surface area (Å²) in [4.78, 5) is 24.7. The van der Waals surface area contributed by atoms with Crippen molar-refractivity contribution in [2.24, 2.45) is 0 Å². The van der Waals surface area contributed by atoms with Gasteiger partial charge in [0.15, 0.2) is 18.1 Å². The Balaban J connectivity index is 1.46. The molecule has 0 amide bonds. The maximum absolute atomic E-state index is 13.3. The highest BCUT2D eigenvalue weighted by atomic mass is 19.1. The SMILES string of the molecule is Cc1cc(C(=O)COC(=O)c2cc(F)cc(F)c2)c(C)n1Cc1ccc2c(c1)OCO2. The lowest BCUT2D eigenvalue weighted by Crippen LogP contribution is -2.15. The molecule has 2 heterocycles. The van der Waals surface area contributed by atoms with Crippen LogP contribution in [0.5, 0.6) is 11.5 Å². The number of carbonyl (C=O) groups is 2. The maximum atomic E-state index is 13.3. The van der Waals surface area contributed by atoms with Crippen molar-refractivity contribution in [3.8, 4) is 11.5 Å². The molecule has 31 heavy (non-hydrogen) atoms. The number of rotatable bonds is 6. The molecule has 4 rings (SSSR count).